The van der Waals surface area contributed by atoms with Crippen molar-refractivity contribution in [2.24, 2.45) is 11.3 Å². The van der Waals surface area contributed by atoms with E-state index in [1.807, 2.05) is 24.3 Å². The quantitative estimate of drug-likeness (QED) is 0.807. The van der Waals surface area contributed by atoms with Crippen LogP contribution in [0.25, 0.3) is 0 Å². The fourth-order valence-corrected chi connectivity index (χ4v) is 3.29. The summed E-state index contributed by atoms with van der Waals surface area (Å²) in [6.07, 6.45) is 4.12. The van der Waals surface area contributed by atoms with Gasteiger partial charge in [-0.3, -0.25) is 4.79 Å². The summed E-state index contributed by atoms with van der Waals surface area (Å²) < 4.78 is 0. The van der Waals surface area contributed by atoms with E-state index in [4.69, 9.17) is 0 Å². The monoisotopic (exact) mass is 286 g/mol. The maximum absolute atomic E-state index is 11.8. The van der Waals surface area contributed by atoms with Gasteiger partial charge in [-0.1, -0.05) is 26.8 Å². The van der Waals surface area contributed by atoms with Crippen molar-refractivity contribution in [3.8, 4) is 0 Å². The third kappa shape index (κ3) is 4.10. The van der Waals surface area contributed by atoms with Gasteiger partial charge in [0, 0.05) is 23.8 Å². The van der Waals surface area contributed by atoms with Gasteiger partial charge in [0.1, 0.15) is 0 Å². The van der Waals surface area contributed by atoms with E-state index in [0.29, 0.717) is 29.5 Å². The minimum atomic E-state index is -0.0585. The smallest absolute Gasteiger partial charge is 0.251 e. The molecule has 1 saturated carbocycles. The molecule has 114 valence electrons. The van der Waals surface area contributed by atoms with Crippen LogP contribution in [0.2, 0.25) is 0 Å². The Balaban J connectivity index is 1.97. The Morgan fingerprint density at radius 2 is 2.00 bits per heavy atom. The molecule has 1 aliphatic carbocycles. The predicted molar refractivity (Wildman–Crippen MR) is 88.6 cm³/mol. The van der Waals surface area contributed by atoms with Crippen LogP contribution < -0.4 is 10.6 Å². The van der Waals surface area contributed by atoms with E-state index >= 15 is 0 Å². The van der Waals surface area contributed by atoms with Crippen molar-refractivity contribution >= 4 is 11.6 Å². The number of hydrogen-bond acceptors (Lipinski definition) is 2. The fraction of sp³-hybridized carbons (Fsp3) is 0.500. The van der Waals surface area contributed by atoms with E-state index in [2.05, 4.69) is 38.0 Å². The SMILES string of the molecule is C=CCNC(=O)c1ccc(NC2CC(C)(C)CC2C)cc1. The molecule has 0 heterocycles. The number of benzene rings is 1. The van der Waals surface area contributed by atoms with E-state index in [0.717, 1.165) is 5.69 Å². The molecule has 1 aromatic rings. The van der Waals surface area contributed by atoms with Gasteiger partial charge in [-0.25, -0.2) is 0 Å². The van der Waals surface area contributed by atoms with Gasteiger partial charge < -0.3 is 10.6 Å². The van der Waals surface area contributed by atoms with Crippen molar-refractivity contribution < 1.29 is 4.79 Å². The highest BCUT2D eigenvalue weighted by Gasteiger charge is 2.36. The van der Waals surface area contributed by atoms with Crippen LogP contribution >= 0.6 is 0 Å². The summed E-state index contributed by atoms with van der Waals surface area (Å²) in [6.45, 7) is 11.1. The summed E-state index contributed by atoms with van der Waals surface area (Å²) in [7, 11) is 0. The lowest BCUT2D eigenvalue weighted by Crippen LogP contribution is -2.24. The summed E-state index contributed by atoms with van der Waals surface area (Å²) in [4.78, 5) is 11.8. The number of carbonyl (C=O) groups excluding carboxylic acids is 1. The summed E-state index contributed by atoms with van der Waals surface area (Å²) >= 11 is 0. The summed E-state index contributed by atoms with van der Waals surface area (Å²) in [5, 5.41) is 6.39. The Labute approximate surface area is 127 Å². The molecule has 2 rings (SSSR count). The van der Waals surface area contributed by atoms with E-state index in [1.54, 1.807) is 6.08 Å². The number of hydrogen-bond donors (Lipinski definition) is 2. The van der Waals surface area contributed by atoms with Crippen molar-refractivity contribution in [3.63, 3.8) is 0 Å². The highest BCUT2D eigenvalue weighted by atomic mass is 16.1. The third-order valence-electron chi connectivity index (χ3n) is 4.24. The highest BCUT2D eigenvalue weighted by molar-refractivity contribution is 5.94. The minimum Gasteiger partial charge on any atom is -0.382 e. The van der Waals surface area contributed by atoms with Crippen LogP contribution in [0.15, 0.2) is 36.9 Å². The van der Waals surface area contributed by atoms with E-state index in [1.165, 1.54) is 12.8 Å². The number of nitrogens with one attached hydrogen (secondary N) is 2. The normalized spacial score (nSPS) is 23.6. The Kier molecular flexibility index (Phi) is 4.71. The Hall–Kier alpha value is -1.77. The second kappa shape index (κ2) is 6.33. The second-order valence-electron chi connectivity index (χ2n) is 6.88. The maximum Gasteiger partial charge on any atom is 0.251 e. The molecule has 1 fully saturated rings. The Morgan fingerprint density at radius 3 is 2.52 bits per heavy atom. The Morgan fingerprint density at radius 1 is 1.33 bits per heavy atom. The number of anilines is 1. The topological polar surface area (TPSA) is 41.1 Å². The van der Waals surface area contributed by atoms with Crippen molar-refractivity contribution in [2.75, 3.05) is 11.9 Å². The van der Waals surface area contributed by atoms with Crippen LogP contribution in [-0.4, -0.2) is 18.5 Å². The largest absolute Gasteiger partial charge is 0.382 e. The molecule has 3 heteroatoms. The van der Waals surface area contributed by atoms with Gasteiger partial charge in [-0.2, -0.15) is 0 Å². The van der Waals surface area contributed by atoms with Crippen LogP contribution in [0.4, 0.5) is 5.69 Å². The fourth-order valence-electron chi connectivity index (χ4n) is 3.29. The van der Waals surface area contributed by atoms with Gasteiger partial charge in [-0.15, -0.1) is 6.58 Å². The zero-order valence-electron chi connectivity index (χ0n) is 13.3. The Bertz CT molecular complexity index is 504. The molecule has 21 heavy (non-hydrogen) atoms. The summed E-state index contributed by atoms with van der Waals surface area (Å²) in [6, 6.07) is 8.22. The number of rotatable bonds is 5. The van der Waals surface area contributed by atoms with E-state index in [-0.39, 0.29) is 5.91 Å². The molecule has 0 bridgehead atoms. The molecule has 1 amide bonds. The zero-order valence-corrected chi connectivity index (χ0v) is 13.3. The molecule has 0 radical (unpaired) electrons. The van der Waals surface area contributed by atoms with Gasteiger partial charge in [0.25, 0.3) is 5.91 Å². The molecule has 0 aromatic heterocycles. The molecule has 1 aliphatic rings. The first-order chi connectivity index (χ1) is 9.91. The molecule has 2 atom stereocenters. The summed E-state index contributed by atoms with van der Waals surface area (Å²) in [5.41, 5.74) is 2.19. The molecule has 0 aliphatic heterocycles. The van der Waals surface area contributed by atoms with Crippen LogP contribution in [0.5, 0.6) is 0 Å². The lowest BCUT2D eigenvalue weighted by atomic mass is 9.91. The average Bonchev–Trinajstić information content (AvgIpc) is 2.69. The molecular weight excluding hydrogens is 260 g/mol. The second-order valence-corrected chi connectivity index (χ2v) is 6.88. The number of carbonyl (C=O) groups is 1. The lowest BCUT2D eigenvalue weighted by molar-refractivity contribution is 0.0958. The zero-order chi connectivity index (χ0) is 15.5. The van der Waals surface area contributed by atoms with E-state index in [9.17, 15) is 4.79 Å². The maximum atomic E-state index is 11.8. The average molecular weight is 286 g/mol. The van der Waals surface area contributed by atoms with Crippen molar-refractivity contribution in [3.05, 3.63) is 42.5 Å². The van der Waals surface area contributed by atoms with Gasteiger partial charge in [0.2, 0.25) is 0 Å². The summed E-state index contributed by atoms with van der Waals surface area (Å²) in [5.74, 6) is 0.618. The third-order valence-corrected chi connectivity index (χ3v) is 4.24. The van der Waals surface area contributed by atoms with Gasteiger partial charge in [0.05, 0.1) is 0 Å². The molecule has 2 N–H and O–H groups in total. The molecule has 1 aromatic carbocycles. The lowest BCUT2D eigenvalue weighted by Gasteiger charge is -2.20. The van der Waals surface area contributed by atoms with E-state index < -0.39 is 0 Å². The van der Waals surface area contributed by atoms with Gasteiger partial charge >= 0.3 is 0 Å². The predicted octanol–water partition coefficient (Wildman–Crippen LogP) is 3.84. The first-order valence-electron chi connectivity index (χ1n) is 7.67. The minimum absolute atomic E-state index is 0.0585. The molecule has 0 saturated heterocycles. The van der Waals surface area contributed by atoms with Crippen LogP contribution in [0.3, 0.4) is 0 Å². The van der Waals surface area contributed by atoms with Crippen molar-refractivity contribution in [1.29, 1.82) is 0 Å². The highest BCUT2D eigenvalue weighted by Crippen LogP contribution is 2.42. The molecule has 2 unspecified atom stereocenters. The van der Waals surface area contributed by atoms with Crippen LogP contribution in [-0.2, 0) is 0 Å². The van der Waals surface area contributed by atoms with Crippen LogP contribution in [0, 0.1) is 11.3 Å². The first kappa shape index (κ1) is 15.6. The molecule has 0 spiro atoms. The van der Waals surface area contributed by atoms with Gasteiger partial charge in [0.15, 0.2) is 0 Å². The first-order valence-corrected chi connectivity index (χ1v) is 7.67. The molecular formula is C18H26N2O. The number of amides is 1. The van der Waals surface area contributed by atoms with Crippen LogP contribution in [0.1, 0.15) is 44.0 Å². The van der Waals surface area contributed by atoms with Crippen molar-refractivity contribution in [2.45, 2.75) is 39.7 Å². The van der Waals surface area contributed by atoms with Gasteiger partial charge in [-0.05, 0) is 48.4 Å². The van der Waals surface area contributed by atoms with Crippen molar-refractivity contribution in [1.82, 2.24) is 5.32 Å². The molecule has 3 nitrogen and oxygen atoms in total. The standard InChI is InChI=1S/C18H26N2O/c1-5-10-19-17(21)14-6-8-15(9-7-14)20-16-12-18(3,4)11-13(16)2/h5-9,13,16,20H,1,10-12H2,2-4H3,(H,19,21).